The number of hydrogen-bond donors (Lipinski definition) is 2. The lowest BCUT2D eigenvalue weighted by molar-refractivity contribution is 0.587. The largest absolute Gasteiger partial charge is 0.384 e. The summed E-state index contributed by atoms with van der Waals surface area (Å²) in [5, 5.41) is 3.40. The van der Waals surface area contributed by atoms with E-state index < -0.39 is 10.0 Å². The molecule has 0 fully saturated rings. The summed E-state index contributed by atoms with van der Waals surface area (Å²) in [6, 6.07) is 18.2. The summed E-state index contributed by atoms with van der Waals surface area (Å²) in [5.74, 6) is 0.424. The van der Waals surface area contributed by atoms with Crippen LogP contribution in [0.25, 0.3) is 0 Å². The van der Waals surface area contributed by atoms with Crippen molar-refractivity contribution in [3.8, 4) is 0 Å². The first-order chi connectivity index (χ1) is 10.4. The summed E-state index contributed by atoms with van der Waals surface area (Å²) in [6.07, 6.45) is 1.16. The van der Waals surface area contributed by atoms with Gasteiger partial charge in [0, 0.05) is 18.8 Å². The van der Waals surface area contributed by atoms with E-state index in [0.29, 0.717) is 12.5 Å². The summed E-state index contributed by atoms with van der Waals surface area (Å²) in [7, 11) is -3.15. The van der Waals surface area contributed by atoms with Gasteiger partial charge in [-0.3, -0.25) is 0 Å². The van der Waals surface area contributed by atoms with Crippen molar-refractivity contribution in [2.24, 2.45) is 0 Å². The van der Waals surface area contributed by atoms with Crippen molar-refractivity contribution in [2.45, 2.75) is 19.4 Å². The molecule has 22 heavy (non-hydrogen) atoms. The summed E-state index contributed by atoms with van der Waals surface area (Å²) >= 11 is 0. The van der Waals surface area contributed by atoms with Crippen molar-refractivity contribution in [1.29, 1.82) is 0 Å². The highest BCUT2D eigenvalue weighted by molar-refractivity contribution is 7.88. The highest BCUT2D eigenvalue weighted by atomic mass is 32.2. The Bertz CT molecular complexity index is 682. The van der Waals surface area contributed by atoms with Crippen LogP contribution in [0.2, 0.25) is 0 Å². The lowest BCUT2D eigenvalue weighted by atomic mass is 10.0. The molecule has 0 radical (unpaired) electrons. The third-order valence-electron chi connectivity index (χ3n) is 3.47. The number of rotatable bonds is 7. The lowest BCUT2D eigenvalue weighted by Crippen LogP contribution is -2.21. The maximum absolute atomic E-state index is 11.1. The average Bonchev–Trinajstić information content (AvgIpc) is 2.52. The Morgan fingerprint density at radius 1 is 1.00 bits per heavy atom. The molecule has 0 aliphatic carbocycles. The Balaban J connectivity index is 1.86. The Hall–Kier alpha value is -1.85. The number of benzene rings is 2. The van der Waals surface area contributed by atoms with Gasteiger partial charge in [-0.1, -0.05) is 49.4 Å². The molecule has 0 aromatic heterocycles. The Labute approximate surface area is 132 Å². The number of hydrogen-bond acceptors (Lipinski definition) is 3. The van der Waals surface area contributed by atoms with Crippen LogP contribution in [0.3, 0.4) is 0 Å². The first-order valence-electron chi connectivity index (χ1n) is 7.26. The van der Waals surface area contributed by atoms with Gasteiger partial charge in [0.25, 0.3) is 0 Å². The molecule has 0 heterocycles. The molecule has 2 N–H and O–H groups in total. The van der Waals surface area contributed by atoms with Crippen molar-refractivity contribution in [1.82, 2.24) is 4.72 Å². The smallest absolute Gasteiger partial charge is 0.209 e. The molecule has 0 amide bonds. The first-order valence-corrected chi connectivity index (χ1v) is 9.15. The topological polar surface area (TPSA) is 58.2 Å². The van der Waals surface area contributed by atoms with E-state index in [9.17, 15) is 8.42 Å². The van der Waals surface area contributed by atoms with Crippen LogP contribution in [-0.4, -0.2) is 21.2 Å². The monoisotopic (exact) mass is 318 g/mol. The predicted molar refractivity (Wildman–Crippen MR) is 91.5 cm³/mol. The minimum atomic E-state index is -3.15. The molecular formula is C17H22N2O2S. The lowest BCUT2D eigenvalue weighted by Gasteiger charge is -2.14. The molecule has 4 nitrogen and oxygen atoms in total. The van der Waals surface area contributed by atoms with Crippen LogP contribution in [0.5, 0.6) is 0 Å². The van der Waals surface area contributed by atoms with Gasteiger partial charge >= 0.3 is 0 Å². The summed E-state index contributed by atoms with van der Waals surface area (Å²) in [5.41, 5.74) is 3.28. The maximum Gasteiger partial charge on any atom is 0.209 e. The van der Waals surface area contributed by atoms with E-state index in [4.69, 9.17) is 0 Å². The Morgan fingerprint density at radius 3 is 2.23 bits per heavy atom. The molecule has 1 atom stereocenters. The molecule has 1 unspecified atom stereocenters. The van der Waals surface area contributed by atoms with Crippen LogP contribution < -0.4 is 10.0 Å². The fourth-order valence-electron chi connectivity index (χ4n) is 2.13. The van der Waals surface area contributed by atoms with Gasteiger partial charge in [-0.25, -0.2) is 13.1 Å². The molecule has 0 saturated heterocycles. The highest BCUT2D eigenvalue weighted by Crippen LogP contribution is 2.16. The van der Waals surface area contributed by atoms with Gasteiger partial charge in [-0.05, 0) is 29.2 Å². The van der Waals surface area contributed by atoms with Gasteiger partial charge in [0.05, 0.1) is 6.26 Å². The van der Waals surface area contributed by atoms with Gasteiger partial charge in [0.1, 0.15) is 0 Å². The van der Waals surface area contributed by atoms with E-state index >= 15 is 0 Å². The number of nitrogens with one attached hydrogen (secondary N) is 2. The Morgan fingerprint density at radius 2 is 1.64 bits per heavy atom. The van der Waals surface area contributed by atoms with Crippen LogP contribution in [0.15, 0.2) is 54.6 Å². The molecule has 0 bridgehead atoms. The van der Waals surface area contributed by atoms with Crippen LogP contribution in [0.1, 0.15) is 24.0 Å². The summed E-state index contributed by atoms with van der Waals surface area (Å²) < 4.78 is 24.6. The number of sulfonamides is 1. The van der Waals surface area contributed by atoms with Crippen molar-refractivity contribution < 1.29 is 8.42 Å². The number of anilines is 1. The molecule has 0 aliphatic rings. The fraction of sp³-hybridized carbons (Fsp3) is 0.294. The zero-order valence-electron chi connectivity index (χ0n) is 12.9. The zero-order chi connectivity index (χ0) is 16.0. The van der Waals surface area contributed by atoms with E-state index in [1.807, 2.05) is 30.3 Å². The average molecular weight is 318 g/mol. The zero-order valence-corrected chi connectivity index (χ0v) is 13.7. The second-order valence-corrected chi connectivity index (χ2v) is 7.32. The van der Waals surface area contributed by atoms with E-state index in [-0.39, 0.29) is 0 Å². The third-order valence-corrected chi connectivity index (χ3v) is 4.14. The molecule has 0 aliphatic heterocycles. The second-order valence-electron chi connectivity index (χ2n) is 5.48. The van der Waals surface area contributed by atoms with E-state index in [1.165, 1.54) is 5.56 Å². The van der Waals surface area contributed by atoms with Gasteiger partial charge in [0.15, 0.2) is 0 Å². The fourth-order valence-corrected chi connectivity index (χ4v) is 2.55. The standard InChI is InChI=1S/C17H22N2O2S/c1-14(16-6-4-3-5-7-16)12-18-17-10-8-15(9-11-17)13-19-22(2,20)21/h3-11,14,18-19H,12-13H2,1-2H3. The minimum absolute atomic E-state index is 0.319. The van der Waals surface area contributed by atoms with Crippen molar-refractivity contribution in [3.05, 3.63) is 65.7 Å². The van der Waals surface area contributed by atoms with E-state index in [1.54, 1.807) is 0 Å². The second kappa shape index (κ2) is 7.42. The summed E-state index contributed by atoms with van der Waals surface area (Å²) in [6.45, 7) is 3.36. The van der Waals surface area contributed by atoms with E-state index in [2.05, 4.69) is 41.2 Å². The molecule has 2 aromatic carbocycles. The highest BCUT2D eigenvalue weighted by Gasteiger charge is 2.05. The molecule has 0 saturated carbocycles. The van der Waals surface area contributed by atoms with Crippen molar-refractivity contribution in [3.63, 3.8) is 0 Å². The van der Waals surface area contributed by atoms with Crippen molar-refractivity contribution in [2.75, 3.05) is 18.1 Å². The van der Waals surface area contributed by atoms with E-state index in [0.717, 1.165) is 24.1 Å². The molecule has 5 heteroatoms. The first kappa shape index (κ1) is 16.5. The molecule has 118 valence electrons. The SMILES string of the molecule is CC(CNc1ccc(CNS(C)(=O)=O)cc1)c1ccccc1. The normalized spacial score (nSPS) is 12.8. The molecule has 0 spiro atoms. The third kappa shape index (κ3) is 5.50. The van der Waals surface area contributed by atoms with Gasteiger partial charge in [-0.15, -0.1) is 0 Å². The Kier molecular flexibility index (Phi) is 5.57. The van der Waals surface area contributed by atoms with Gasteiger partial charge in [-0.2, -0.15) is 0 Å². The van der Waals surface area contributed by atoms with Crippen LogP contribution in [-0.2, 0) is 16.6 Å². The molecule has 2 aromatic rings. The predicted octanol–water partition coefficient (Wildman–Crippen LogP) is 2.95. The molecular weight excluding hydrogens is 296 g/mol. The van der Waals surface area contributed by atoms with Crippen LogP contribution in [0.4, 0.5) is 5.69 Å². The summed E-state index contributed by atoms with van der Waals surface area (Å²) in [4.78, 5) is 0. The van der Waals surface area contributed by atoms with Gasteiger partial charge < -0.3 is 5.32 Å². The van der Waals surface area contributed by atoms with Crippen LogP contribution >= 0.6 is 0 Å². The van der Waals surface area contributed by atoms with Gasteiger partial charge in [0.2, 0.25) is 10.0 Å². The minimum Gasteiger partial charge on any atom is -0.384 e. The van der Waals surface area contributed by atoms with Crippen LogP contribution in [0, 0.1) is 0 Å². The van der Waals surface area contributed by atoms with Crippen molar-refractivity contribution >= 4 is 15.7 Å². The molecule has 2 rings (SSSR count). The quantitative estimate of drug-likeness (QED) is 0.825. The maximum atomic E-state index is 11.1.